The second kappa shape index (κ2) is 6.39. The maximum absolute atomic E-state index is 9.24. The Morgan fingerprint density at radius 3 is 2.55 bits per heavy atom. The summed E-state index contributed by atoms with van der Waals surface area (Å²) in [7, 11) is 0. The van der Waals surface area contributed by atoms with Gasteiger partial charge in [0.1, 0.15) is 10.7 Å². The molecule has 0 bridgehead atoms. The monoisotopic (exact) mass is 286 g/mol. The summed E-state index contributed by atoms with van der Waals surface area (Å²) in [4.78, 5) is 0.404. The minimum Gasteiger partial charge on any atom is -0.508 e. The minimum atomic E-state index is 0.288. The number of thiocarbonyl (C=S) groups is 1. The molecule has 2 rings (SSSR count). The van der Waals surface area contributed by atoms with Crippen LogP contribution in [0.15, 0.2) is 42.5 Å². The van der Waals surface area contributed by atoms with Crippen molar-refractivity contribution >= 4 is 22.9 Å². The van der Waals surface area contributed by atoms with Gasteiger partial charge in [-0.25, -0.2) is 0 Å². The molecule has 0 aromatic heterocycles. The summed E-state index contributed by atoms with van der Waals surface area (Å²) in [5.41, 5.74) is 9.89. The van der Waals surface area contributed by atoms with Crippen molar-refractivity contribution in [3.8, 4) is 5.75 Å². The average Bonchev–Trinajstić information content (AvgIpc) is 2.42. The molecule has 4 heteroatoms. The molecule has 0 unspecified atom stereocenters. The fourth-order valence-corrected chi connectivity index (χ4v) is 2.19. The highest BCUT2D eigenvalue weighted by Gasteiger charge is 2.05. The molecule has 2 aromatic rings. The van der Waals surface area contributed by atoms with E-state index >= 15 is 0 Å². The number of phenols is 1. The molecule has 0 amide bonds. The van der Waals surface area contributed by atoms with Crippen LogP contribution in [0.1, 0.15) is 16.7 Å². The van der Waals surface area contributed by atoms with Gasteiger partial charge in [-0.05, 0) is 43.2 Å². The third kappa shape index (κ3) is 3.71. The van der Waals surface area contributed by atoms with E-state index in [1.807, 2.05) is 37.3 Å². The first-order valence-electron chi connectivity index (χ1n) is 6.48. The lowest BCUT2D eigenvalue weighted by molar-refractivity contribution is 0.475. The Labute approximate surface area is 124 Å². The van der Waals surface area contributed by atoms with Gasteiger partial charge in [0.15, 0.2) is 0 Å². The van der Waals surface area contributed by atoms with Crippen molar-refractivity contribution in [1.29, 1.82) is 0 Å². The number of phenolic OH excluding ortho intramolecular Hbond substituents is 1. The lowest BCUT2D eigenvalue weighted by atomic mass is 10.1. The molecule has 4 N–H and O–H groups in total. The highest BCUT2D eigenvalue weighted by Crippen LogP contribution is 2.17. The SMILES string of the molecule is Cc1ccc(NCCc2ccc(O)cc2)c(C(N)=S)c1. The summed E-state index contributed by atoms with van der Waals surface area (Å²) in [5.74, 6) is 0.288. The Bertz CT molecular complexity index is 608. The first-order valence-corrected chi connectivity index (χ1v) is 6.89. The van der Waals surface area contributed by atoms with Crippen molar-refractivity contribution in [2.24, 2.45) is 5.73 Å². The van der Waals surface area contributed by atoms with Crippen molar-refractivity contribution in [3.63, 3.8) is 0 Å². The number of benzene rings is 2. The van der Waals surface area contributed by atoms with Gasteiger partial charge in [0.25, 0.3) is 0 Å². The van der Waals surface area contributed by atoms with Crippen molar-refractivity contribution in [2.45, 2.75) is 13.3 Å². The second-order valence-electron chi connectivity index (χ2n) is 4.76. The Morgan fingerprint density at radius 2 is 1.90 bits per heavy atom. The normalized spacial score (nSPS) is 10.2. The second-order valence-corrected chi connectivity index (χ2v) is 5.20. The molecule has 0 aliphatic rings. The number of hydrogen-bond donors (Lipinski definition) is 3. The van der Waals surface area contributed by atoms with Crippen molar-refractivity contribution in [2.75, 3.05) is 11.9 Å². The molecule has 104 valence electrons. The number of rotatable bonds is 5. The van der Waals surface area contributed by atoms with Crippen LogP contribution in [0, 0.1) is 6.92 Å². The van der Waals surface area contributed by atoms with E-state index in [2.05, 4.69) is 5.32 Å². The first kappa shape index (κ1) is 14.3. The van der Waals surface area contributed by atoms with Crippen LogP contribution in [0.2, 0.25) is 0 Å². The molecule has 0 radical (unpaired) electrons. The van der Waals surface area contributed by atoms with Gasteiger partial charge >= 0.3 is 0 Å². The maximum atomic E-state index is 9.24. The smallest absolute Gasteiger partial charge is 0.115 e. The third-order valence-corrected chi connectivity index (χ3v) is 3.33. The summed E-state index contributed by atoms with van der Waals surface area (Å²) in [6, 6.07) is 13.3. The van der Waals surface area contributed by atoms with E-state index in [1.165, 1.54) is 5.56 Å². The lowest BCUT2D eigenvalue weighted by Crippen LogP contribution is -2.14. The van der Waals surface area contributed by atoms with Crippen LogP contribution in [0.3, 0.4) is 0 Å². The Morgan fingerprint density at radius 1 is 1.20 bits per heavy atom. The molecule has 0 aliphatic carbocycles. The number of nitrogens with two attached hydrogens (primary N) is 1. The first-order chi connectivity index (χ1) is 9.56. The molecule has 3 nitrogen and oxygen atoms in total. The predicted molar refractivity (Wildman–Crippen MR) is 87.4 cm³/mol. The fourth-order valence-electron chi connectivity index (χ4n) is 2.02. The highest BCUT2D eigenvalue weighted by molar-refractivity contribution is 7.80. The van der Waals surface area contributed by atoms with Crippen molar-refractivity contribution < 1.29 is 5.11 Å². The third-order valence-electron chi connectivity index (χ3n) is 3.11. The van der Waals surface area contributed by atoms with Crippen LogP contribution in [-0.4, -0.2) is 16.6 Å². The number of anilines is 1. The number of nitrogens with one attached hydrogen (secondary N) is 1. The predicted octanol–water partition coefficient (Wildman–Crippen LogP) is 2.99. The molecular weight excluding hydrogens is 268 g/mol. The van der Waals surface area contributed by atoms with Gasteiger partial charge in [0.05, 0.1) is 0 Å². The van der Waals surface area contributed by atoms with Crippen LogP contribution in [0.4, 0.5) is 5.69 Å². The van der Waals surface area contributed by atoms with E-state index < -0.39 is 0 Å². The molecule has 0 spiro atoms. The Kier molecular flexibility index (Phi) is 4.58. The van der Waals surface area contributed by atoms with Crippen LogP contribution >= 0.6 is 12.2 Å². The summed E-state index contributed by atoms with van der Waals surface area (Å²) in [5, 5.41) is 12.6. The molecule has 0 heterocycles. The quantitative estimate of drug-likeness (QED) is 0.740. The van der Waals surface area contributed by atoms with E-state index in [0.717, 1.165) is 29.8 Å². The van der Waals surface area contributed by atoms with Crippen LogP contribution in [0.25, 0.3) is 0 Å². The van der Waals surface area contributed by atoms with Crippen molar-refractivity contribution in [3.05, 3.63) is 59.2 Å². The maximum Gasteiger partial charge on any atom is 0.115 e. The van der Waals surface area contributed by atoms with Crippen molar-refractivity contribution in [1.82, 2.24) is 0 Å². The Hall–Kier alpha value is -2.07. The summed E-state index contributed by atoms with van der Waals surface area (Å²) < 4.78 is 0. The molecule has 0 fully saturated rings. The van der Waals surface area contributed by atoms with Gasteiger partial charge in [-0.1, -0.05) is 36.0 Å². The molecule has 0 aliphatic heterocycles. The van der Waals surface area contributed by atoms with Gasteiger partial charge in [-0.15, -0.1) is 0 Å². The molecule has 0 atom stereocenters. The van der Waals surface area contributed by atoms with Gasteiger partial charge in [0.2, 0.25) is 0 Å². The summed E-state index contributed by atoms with van der Waals surface area (Å²) in [6.07, 6.45) is 0.866. The average molecular weight is 286 g/mol. The lowest BCUT2D eigenvalue weighted by Gasteiger charge is -2.12. The number of aryl methyl sites for hydroxylation is 1. The van der Waals surface area contributed by atoms with Gasteiger partial charge < -0.3 is 16.2 Å². The summed E-state index contributed by atoms with van der Waals surface area (Å²) >= 11 is 5.08. The summed E-state index contributed by atoms with van der Waals surface area (Å²) in [6.45, 7) is 2.80. The molecular formula is C16H18N2OS. The van der Waals surface area contributed by atoms with Crippen LogP contribution in [-0.2, 0) is 6.42 Å². The number of aromatic hydroxyl groups is 1. The standard InChI is InChI=1S/C16H18N2OS/c1-11-2-7-15(14(10-11)16(17)20)18-9-8-12-3-5-13(19)6-4-12/h2-7,10,18-19H,8-9H2,1H3,(H2,17,20). The largest absolute Gasteiger partial charge is 0.508 e. The van der Waals surface area contributed by atoms with E-state index in [4.69, 9.17) is 18.0 Å². The molecule has 2 aromatic carbocycles. The minimum absolute atomic E-state index is 0.288. The molecule has 0 saturated heterocycles. The zero-order valence-electron chi connectivity index (χ0n) is 11.4. The van der Waals surface area contributed by atoms with Crippen LogP contribution in [0.5, 0.6) is 5.75 Å². The van der Waals surface area contributed by atoms with Crippen LogP contribution < -0.4 is 11.1 Å². The van der Waals surface area contributed by atoms with E-state index in [0.29, 0.717) is 4.99 Å². The van der Waals surface area contributed by atoms with E-state index in [-0.39, 0.29) is 5.75 Å². The van der Waals surface area contributed by atoms with E-state index in [9.17, 15) is 5.11 Å². The van der Waals surface area contributed by atoms with Gasteiger partial charge in [-0.3, -0.25) is 0 Å². The zero-order chi connectivity index (χ0) is 14.5. The highest BCUT2D eigenvalue weighted by atomic mass is 32.1. The topological polar surface area (TPSA) is 58.3 Å². The molecule has 20 heavy (non-hydrogen) atoms. The zero-order valence-corrected chi connectivity index (χ0v) is 12.2. The van der Waals surface area contributed by atoms with Gasteiger partial charge in [0, 0.05) is 17.8 Å². The van der Waals surface area contributed by atoms with Gasteiger partial charge in [-0.2, -0.15) is 0 Å². The molecule has 0 saturated carbocycles. The fraction of sp³-hybridized carbons (Fsp3) is 0.188. The van der Waals surface area contributed by atoms with E-state index in [1.54, 1.807) is 12.1 Å². The number of hydrogen-bond acceptors (Lipinski definition) is 3. The Balaban J connectivity index is 2.00.